The summed E-state index contributed by atoms with van der Waals surface area (Å²) >= 11 is 0. The van der Waals surface area contributed by atoms with Gasteiger partial charge in [-0.25, -0.2) is 15.0 Å². The van der Waals surface area contributed by atoms with Gasteiger partial charge in [-0.2, -0.15) is 0 Å². The smallest absolute Gasteiger partial charge is 0.0966 e. The molecular formula is C39H39N3. The van der Waals surface area contributed by atoms with Crippen molar-refractivity contribution in [3.8, 4) is 0 Å². The molecule has 0 bridgehead atoms. The van der Waals surface area contributed by atoms with E-state index in [1.165, 1.54) is 11.1 Å². The molecule has 0 fully saturated rings. The van der Waals surface area contributed by atoms with Crippen LogP contribution >= 0.6 is 0 Å². The molecule has 0 spiro atoms. The van der Waals surface area contributed by atoms with Crippen LogP contribution in [0.4, 0.5) is 11.4 Å². The molecule has 1 aromatic heterocycles. The van der Waals surface area contributed by atoms with Crippen molar-refractivity contribution in [2.75, 3.05) is 0 Å². The molecule has 0 atom stereocenters. The third kappa shape index (κ3) is 6.31. The molecular weight excluding hydrogens is 510 g/mol. The van der Waals surface area contributed by atoms with E-state index in [9.17, 15) is 0 Å². The number of benzene rings is 4. The molecule has 0 radical (unpaired) electrons. The summed E-state index contributed by atoms with van der Waals surface area (Å²) in [6.07, 6.45) is 0. The number of pyridine rings is 1. The molecule has 42 heavy (non-hydrogen) atoms. The van der Waals surface area contributed by atoms with Crippen LogP contribution in [-0.4, -0.2) is 16.4 Å². The van der Waals surface area contributed by atoms with Crippen molar-refractivity contribution in [3.05, 3.63) is 160 Å². The minimum Gasteiger partial charge on any atom is -0.246 e. The van der Waals surface area contributed by atoms with Gasteiger partial charge in [0.25, 0.3) is 0 Å². The fourth-order valence-electron chi connectivity index (χ4n) is 5.25. The predicted molar refractivity (Wildman–Crippen MR) is 178 cm³/mol. The molecule has 0 unspecified atom stereocenters. The molecule has 0 amide bonds. The zero-order chi connectivity index (χ0) is 29.6. The van der Waals surface area contributed by atoms with Crippen molar-refractivity contribution >= 4 is 22.8 Å². The molecule has 0 aliphatic rings. The minimum atomic E-state index is 0.348. The van der Waals surface area contributed by atoms with Crippen molar-refractivity contribution in [1.82, 2.24) is 4.98 Å². The van der Waals surface area contributed by atoms with E-state index < -0.39 is 0 Å². The van der Waals surface area contributed by atoms with E-state index in [0.717, 1.165) is 56.4 Å². The molecule has 210 valence electrons. The number of aromatic nitrogens is 1. The summed E-state index contributed by atoms with van der Waals surface area (Å²) in [5.74, 6) is 0.696. The van der Waals surface area contributed by atoms with Gasteiger partial charge in [0, 0.05) is 11.1 Å². The topological polar surface area (TPSA) is 37.6 Å². The van der Waals surface area contributed by atoms with Crippen LogP contribution in [0.3, 0.4) is 0 Å². The van der Waals surface area contributed by atoms with Gasteiger partial charge in [0.1, 0.15) is 0 Å². The highest BCUT2D eigenvalue weighted by molar-refractivity contribution is 6.16. The van der Waals surface area contributed by atoms with Crippen LogP contribution in [0.2, 0.25) is 0 Å². The standard InChI is InChI=1S/C39H39N3/c1-26(2)32-22-13-16-28(5)36(32)41-38(30-18-9-7-10-19-30)34-24-15-25-35(40-34)39(31-20-11-8-12-21-31)42-37-29(6)17-14-23-33(37)27(3)4/h7-27H,1-6H3. The highest BCUT2D eigenvalue weighted by Gasteiger charge is 2.17. The average molecular weight is 550 g/mol. The number of hydrogen-bond acceptors (Lipinski definition) is 3. The maximum Gasteiger partial charge on any atom is 0.0966 e. The first kappa shape index (κ1) is 28.9. The first-order valence-corrected chi connectivity index (χ1v) is 14.8. The average Bonchev–Trinajstić information content (AvgIpc) is 3.00. The molecule has 3 heteroatoms. The maximum atomic E-state index is 5.34. The summed E-state index contributed by atoms with van der Waals surface area (Å²) < 4.78 is 0. The summed E-state index contributed by atoms with van der Waals surface area (Å²) in [7, 11) is 0. The van der Waals surface area contributed by atoms with Crippen LogP contribution in [0.15, 0.2) is 125 Å². The van der Waals surface area contributed by atoms with Gasteiger partial charge in [0.15, 0.2) is 0 Å². The van der Waals surface area contributed by atoms with Gasteiger partial charge in [0.2, 0.25) is 0 Å². The van der Waals surface area contributed by atoms with E-state index in [-0.39, 0.29) is 0 Å². The number of aliphatic imine (C=N–C) groups is 2. The second-order valence-electron chi connectivity index (χ2n) is 11.4. The quantitative estimate of drug-likeness (QED) is 0.177. The summed E-state index contributed by atoms with van der Waals surface area (Å²) in [6, 6.07) is 39.7. The molecule has 0 saturated heterocycles. The van der Waals surface area contributed by atoms with Crippen LogP contribution in [0.1, 0.15) is 84.3 Å². The highest BCUT2D eigenvalue weighted by Crippen LogP contribution is 2.33. The van der Waals surface area contributed by atoms with E-state index in [0.29, 0.717) is 11.8 Å². The molecule has 5 aromatic rings. The van der Waals surface area contributed by atoms with Crippen molar-refractivity contribution in [2.45, 2.75) is 53.4 Å². The summed E-state index contributed by atoms with van der Waals surface area (Å²) in [6.45, 7) is 13.1. The fraction of sp³-hybridized carbons (Fsp3) is 0.205. The van der Waals surface area contributed by atoms with Crippen LogP contribution in [0.25, 0.3) is 0 Å². The van der Waals surface area contributed by atoms with Crippen LogP contribution in [-0.2, 0) is 0 Å². The Morgan fingerprint density at radius 3 is 1.24 bits per heavy atom. The van der Waals surface area contributed by atoms with E-state index in [2.05, 4.69) is 145 Å². The zero-order valence-corrected chi connectivity index (χ0v) is 25.5. The maximum absolute atomic E-state index is 5.34. The Kier molecular flexibility index (Phi) is 8.88. The van der Waals surface area contributed by atoms with Gasteiger partial charge < -0.3 is 0 Å². The zero-order valence-electron chi connectivity index (χ0n) is 25.5. The summed E-state index contributed by atoms with van der Waals surface area (Å²) in [5, 5.41) is 0. The second-order valence-corrected chi connectivity index (χ2v) is 11.4. The van der Waals surface area contributed by atoms with Crippen LogP contribution < -0.4 is 0 Å². The Bertz CT molecular complexity index is 1600. The Labute approximate surface area is 250 Å². The predicted octanol–water partition coefficient (Wildman–Crippen LogP) is 10.3. The van der Waals surface area contributed by atoms with Crippen molar-refractivity contribution in [1.29, 1.82) is 0 Å². The lowest BCUT2D eigenvalue weighted by Gasteiger charge is -2.16. The van der Waals surface area contributed by atoms with E-state index in [4.69, 9.17) is 15.0 Å². The molecule has 0 N–H and O–H groups in total. The van der Waals surface area contributed by atoms with Gasteiger partial charge in [-0.15, -0.1) is 0 Å². The SMILES string of the molecule is Cc1cccc(C(C)C)c1N=C(c1ccccc1)c1cccc(C(=Nc2c(C)cccc2C(C)C)c2ccccc2)n1. The van der Waals surface area contributed by atoms with Crippen molar-refractivity contribution in [2.24, 2.45) is 9.98 Å². The summed E-state index contributed by atoms with van der Waals surface area (Å²) in [4.78, 5) is 16.0. The van der Waals surface area contributed by atoms with E-state index in [1.807, 2.05) is 12.1 Å². The number of para-hydroxylation sites is 2. The Balaban J connectivity index is 1.74. The molecule has 5 rings (SSSR count). The Morgan fingerprint density at radius 1 is 0.476 bits per heavy atom. The highest BCUT2D eigenvalue weighted by atomic mass is 14.9. The first-order chi connectivity index (χ1) is 20.3. The van der Waals surface area contributed by atoms with Crippen molar-refractivity contribution in [3.63, 3.8) is 0 Å². The number of hydrogen-bond donors (Lipinski definition) is 0. The lowest BCUT2D eigenvalue weighted by Crippen LogP contribution is -2.12. The molecule has 3 nitrogen and oxygen atoms in total. The largest absolute Gasteiger partial charge is 0.246 e. The summed E-state index contributed by atoms with van der Waals surface area (Å²) in [5.41, 5.74) is 12.2. The lowest BCUT2D eigenvalue weighted by molar-refractivity contribution is 0.865. The first-order valence-electron chi connectivity index (χ1n) is 14.8. The Hall–Kier alpha value is -4.63. The third-order valence-electron chi connectivity index (χ3n) is 7.56. The van der Waals surface area contributed by atoms with Crippen LogP contribution in [0.5, 0.6) is 0 Å². The lowest BCUT2D eigenvalue weighted by atomic mass is 9.97. The number of aryl methyl sites for hydroxylation is 2. The van der Waals surface area contributed by atoms with Gasteiger partial charge in [0.05, 0.1) is 34.2 Å². The normalized spacial score (nSPS) is 12.3. The van der Waals surface area contributed by atoms with E-state index in [1.54, 1.807) is 0 Å². The fourth-order valence-corrected chi connectivity index (χ4v) is 5.25. The third-order valence-corrected chi connectivity index (χ3v) is 7.56. The van der Waals surface area contributed by atoms with Crippen molar-refractivity contribution < 1.29 is 0 Å². The van der Waals surface area contributed by atoms with Crippen LogP contribution in [0, 0.1) is 13.8 Å². The number of rotatable bonds is 8. The minimum absolute atomic E-state index is 0.348. The van der Waals surface area contributed by atoms with Gasteiger partial charge in [-0.05, 0) is 60.1 Å². The molecule has 1 heterocycles. The number of nitrogens with zero attached hydrogens (tertiary/aromatic N) is 3. The van der Waals surface area contributed by atoms with Gasteiger partial charge >= 0.3 is 0 Å². The molecule has 4 aromatic carbocycles. The second kappa shape index (κ2) is 12.9. The molecule has 0 aliphatic heterocycles. The van der Waals surface area contributed by atoms with Gasteiger partial charge in [-0.3, -0.25) is 0 Å². The monoisotopic (exact) mass is 549 g/mol. The van der Waals surface area contributed by atoms with E-state index >= 15 is 0 Å². The molecule has 0 aliphatic carbocycles. The Morgan fingerprint density at radius 2 is 0.857 bits per heavy atom. The molecule has 0 saturated carbocycles. The van der Waals surface area contributed by atoms with Gasteiger partial charge in [-0.1, -0.05) is 131 Å².